The number of alkyl halides is 1. The van der Waals surface area contributed by atoms with Gasteiger partial charge in [0.15, 0.2) is 0 Å². The number of rotatable bonds is 1. The fourth-order valence-electron chi connectivity index (χ4n) is 2.34. The molecule has 2 aliphatic heterocycles. The monoisotopic (exact) mass is 296 g/mol. The van der Waals surface area contributed by atoms with E-state index in [1.54, 1.807) is 0 Å². The highest BCUT2D eigenvalue weighted by Crippen LogP contribution is 2.36. The number of halogens is 1. The fraction of sp³-hybridized carbons (Fsp3) is 1.00. The molecule has 2 fully saturated rings. The molecule has 76 valence electrons. The van der Waals surface area contributed by atoms with Gasteiger partial charge in [-0.2, -0.15) is 0 Å². The lowest BCUT2D eigenvalue weighted by atomic mass is 9.85. The highest BCUT2D eigenvalue weighted by Gasteiger charge is 2.38. The van der Waals surface area contributed by atoms with Gasteiger partial charge in [0.2, 0.25) is 0 Å². The minimum atomic E-state index is 0.201. The van der Waals surface area contributed by atoms with Crippen molar-refractivity contribution in [2.75, 3.05) is 17.6 Å². The van der Waals surface area contributed by atoms with Crippen molar-refractivity contribution in [1.29, 1.82) is 0 Å². The zero-order chi connectivity index (χ0) is 9.15. The van der Waals surface area contributed by atoms with E-state index in [1.807, 2.05) is 0 Å². The maximum absolute atomic E-state index is 6.18. The summed E-state index contributed by atoms with van der Waals surface area (Å²) in [6.07, 6.45) is 6.58. The molecule has 0 aromatic rings. The van der Waals surface area contributed by atoms with Crippen molar-refractivity contribution in [3.05, 3.63) is 0 Å². The third-order valence-corrected chi connectivity index (χ3v) is 4.13. The average molecular weight is 296 g/mol. The van der Waals surface area contributed by atoms with Crippen LogP contribution in [0.4, 0.5) is 0 Å². The maximum atomic E-state index is 6.18. The Labute approximate surface area is 93.5 Å². The second-order valence-corrected chi connectivity index (χ2v) is 4.96. The zero-order valence-corrected chi connectivity index (χ0v) is 10.1. The standard InChI is InChI=1S/C10H17IO2/c11-8-9-2-1-3-10(13-9)4-6-12-7-5-10/h9H,1-8H2. The Hall–Kier alpha value is 0.650. The molecule has 0 N–H and O–H groups in total. The van der Waals surface area contributed by atoms with Crippen LogP contribution in [0.3, 0.4) is 0 Å². The summed E-state index contributed by atoms with van der Waals surface area (Å²) in [5.41, 5.74) is 0.201. The molecule has 2 saturated heterocycles. The van der Waals surface area contributed by atoms with Gasteiger partial charge >= 0.3 is 0 Å². The normalized spacial score (nSPS) is 33.5. The topological polar surface area (TPSA) is 18.5 Å². The molecule has 0 saturated carbocycles. The molecule has 2 rings (SSSR count). The van der Waals surface area contributed by atoms with E-state index >= 15 is 0 Å². The first kappa shape index (κ1) is 10.2. The van der Waals surface area contributed by atoms with E-state index in [9.17, 15) is 0 Å². The van der Waals surface area contributed by atoms with E-state index in [4.69, 9.17) is 9.47 Å². The second-order valence-electron chi connectivity index (χ2n) is 4.08. The Kier molecular flexibility index (Phi) is 3.48. The molecule has 0 aliphatic carbocycles. The molecule has 0 aromatic heterocycles. The van der Waals surface area contributed by atoms with Crippen molar-refractivity contribution >= 4 is 22.6 Å². The summed E-state index contributed by atoms with van der Waals surface area (Å²) in [5.74, 6) is 0. The molecule has 1 spiro atoms. The van der Waals surface area contributed by atoms with Crippen LogP contribution in [0.25, 0.3) is 0 Å². The SMILES string of the molecule is ICC1CCCC2(CCOCC2)O1. The van der Waals surface area contributed by atoms with Gasteiger partial charge in [0.1, 0.15) is 0 Å². The van der Waals surface area contributed by atoms with E-state index in [0.717, 1.165) is 30.5 Å². The number of hydrogen-bond acceptors (Lipinski definition) is 2. The lowest BCUT2D eigenvalue weighted by molar-refractivity contribution is -0.161. The van der Waals surface area contributed by atoms with Crippen LogP contribution >= 0.6 is 22.6 Å². The van der Waals surface area contributed by atoms with Crippen molar-refractivity contribution in [1.82, 2.24) is 0 Å². The van der Waals surface area contributed by atoms with Gasteiger partial charge in [-0.1, -0.05) is 22.6 Å². The van der Waals surface area contributed by atoms with Gasteiger partial charge in [-0.15, -0.1) is 0 Å². The molecule has 2 nitrogen and oxygen atoms in total. The van der Waals surface area contributed by atoms with Crippen LogP contribution in [-0.4, -0.2) is 29.3 Å². The molecule has 1 atom stereocenters. The second kappa shape index (κ2) is 4.45. The summed E-state index contributed by atoms with van der Waals surface area (Å²) in [6, 6.07) is 0. The van der Waals surface area contributed by atoms with Crippen LogP contribution in [0, 0.1) is 0 Å². The number of hydrogen-bond donors (Lipinski definition) is 0. The van der Waals surface area contributed by atoms with Gasteiger partial charge in [0.05, 0.1) is 11.7 Å². The van der Waals surface area contributed by atoms with Crippen molar-refractivity contribution in [3.8, 4) is 0 Å². The lowest BCUT2D eigenvalue weighted by Gasteiger charge is -2.43. The Morgan fingerprint density at radius 1 is 1.23 bits per heavy atom. The Bertz CT molecular complexity index is 161. The molecule has 2 aliphatic rings. The first-order chi connectivity index (χ1) is 6.35. The van der Waals surface area contributed by atoms with Gasteiger partial charge in [-0.05, 0) is 32.1 Å². The molecular formula is C10H17IO2. The van der Waals surface area contributed by atoms with Crippen LogP contribution in [0.2, 0.25) is 0 Å². The summed E-state index contributed by atoms with van der Waals surface area (Å²) in [6.45, 7) is 1.79. The molecule has 0 radical (unpaired) electrons. The third kappa shape index (κ3) is 2.36. The summed E-state index contributed by atoms with van der Waals surface area (Å²) < 4.78 is 12.7. The van der Waals surface area contributed by atoms with Crippen molar-refractivity contribution in [2.24, 2.45) is 0 Å². The van der Waals surface area contributed by atoms with E-state index < -0.39 is 0 Å². The molecule has 3 heteroatoms. The fourth-order valence-corrected chi connectivity index (χ4v) is 2.96. The zero-order valence-electron chi connectivity index (χ0n) is 7.93. The minimum absolute atomic E-state index is 0.201. The summed E-state index contributed by atoms with van der Waals surface area (Å²) in [7, 11) is 0. The van der Waals surface area contributed by atoms with E-state index in [1.165, 1.54) is 19.3 Å². The van der Waals surface area contributed by atoms with Gasteiger partial charge in [-0.3, -0.25) is 0 Å². The van der Waals surface area contributed by atoms with Gasteiger partial charge in [-0.25, -0.2) is 0 Å². The van der Waals surface area contributed by atoms with Crippen molar-refractivity contribution in [3.63, 3.8) is 0 Å². The van der Waals surface area contributed by atoms with Gasteiger partial charge in [0, 0.05) is 17.6 Å². The molecule has 1 unspecified atom stereocenters. The van der Waals surface area contributed by atoms with Crippen LogP contribution in [-0.2, 0) is 9.47 Å². The molecular weight excluding hydrogens is 279 g/mol. The van der Waals surface area contributed by atoms with Crippen molar-refractivity contribution < 1.29 is 9.47 Å². The highest BCUT2D eigenvalue weighted by atomic mass is 127. The molecule has 0 aromatic carbocycles. The van der Waals surface area contributed by atoms with Crippen LogP contribution in [0.1, 0.15) is 32.1 Å². The Morgan fingerprint density at radius 3 is 2.69 bits per heavy atom. The summed E-state index contributed by atoms with van der Waals surface area (Å²) in [5, 5.41) is 0. The van der Waals surface area contributed by atoms with Crippen LogP contribution in [0.5, 0.6) is 0 Å². The van der Waals surface area contributed by atoms with Gasteiger partial charge in [0.25, 0.3) is 0 Å². The van der Waals surface area contributed by atoms with Crippen LogP contribution < -0.4 is 0 Å². The van der Waals surface area contributed by atoms with Crippen LogP contribution in [0.15, 0.2) is 0 Å². The Balaban J connectivity index is 1.95. The third-order valence-electron chi connectivity index (χ3n) is 3.15. The highest BCUT2D eigenvalue weighted by molar-refractivity contribution is 14.1. The average Bonchev–Trinajstić information content (AvgIpc) is 2.19. The first-order valence-electron chi connectivity index (χ1n) is 5.16. The molecule has 0 bridgehead atoms. The first-order valence-corrected chi connectivity index (χ1v) is 6.69. The minimum Gasteiger partial charge on any atom is -0.381 e. The predicted octanol–water partition coefficient (Wildman–Crippen LogP) is 2.54. The van der Waals surface area contributed by atoms with E-state index in [-0.39, 0.29) is 5.60 Å². The maximum Gasteiger partial charge on any atom is 0.0730 e. The molecule has 2 heterocycles. The summed E-state index contributed by atoms with van der Waals surface area (Å²) in [4.78, 5) is 0. The predicted molar refractivity (Wildman–Crippen MR) is 60.4 cm³/mol. The Morgan fingerprint density at radius 2 is 2.00 bits per heavy atom. The number of ether oxygens (including phenoxy) is 2. The molecule has 13 heavy (non-hydrogen) atoms. The van der Waals surface area contributed by atoms with E-state index in [0.29, 0.717) is 6.10 Å². The largest absolute Gasteiger partial charge is 0.381 e. The molecule has 0 amide bonds. The lowest BCUT2D eigenvalue weighted by Crippen LogP contribution is -2.45. The van der Waals surface area contributed by atoms with Crippen molar-refractivity contribution in [2.45, 2.75) is 43.8 Å². The van der Waals surface area contributed by atoms with E-state index in [2.05, 4.69) is 22.6 Å². The van der Waals surface area contributed by atoms with Gasteiger partial charge < -0.3 is 9.47 Å². The summed E-state index contributed by atoms with van der Waals surface area (Å²) >= 11 is 2.43. The smallest absolute Gasteiger partial charge is 0.0730 e. The quantitative estimate of drug-likeness (QED) is 0.547.